The summed E-state index contributed by atoms with van der Waals surface area (Å²) in [5.41, 5.74) is 6.19. The Balaban J connectivity index is 2.01. The molecular formula is C17H18ClFN2. The molecule has 0 amide bonds. The van der Waals surface area contributed by atoms with Crippen molar-refractivity contribution in [1.82, 2.24) is 5.43 Å². The lowest BCUT2D eigenvalue weighted by Gasteiger charge is -2.30. The average molecular weight is 305 g/mol. The summed E-state index contributed by atoms with van der Waals surface area (Å²) in [7, 11) is 0. The summed E-state index contributed by atoms with van der Waals surface area (Å²) in [6.07, 6.45) is 3.72. The molecule has 1 atom stereocenters. The summed E-state index contributed by atoms with van der Waals surface area (Å²) in [6, 6.07) is 12.9. The molecule has 0 saturated heterocycles. The number of rotatable bonds is 4. The smallest absolute Gasteiger partial charge is 0.141 e. The molecule has 1 fully saturated rings. The Morgan fingerprint density at radius 2 is 1.95 bits per heavy atom. The lowest BCUT2D eigenvalue weighted by Crippen LogP contribution is -2.30. The molecule has 1 unspecified atom stereocenters. The maximum Gasteiger partial charge on any atom is 0.141 e. The molecule has 2 nitrogen and oxygen atoms in total. The fourth-order valence-corrected chi connectivity index (χ4v) is 3.11. The molecule has 0 bridgehead atoms. The first-order chi connectivity index (χ1) is 10.2. The molecule has 2 aromatic rings. The molecule has 1 aliphatic carbocycles. The van der Waals surface area contributed by atoms with Gasteiger partial charge in [-0.2, -0.15) is 0 Å². The maximum atomic E-state index is 13.4. The molecule has 4 heteroatoms. The van der Waals surface area contributed by atoms with E-state index in [9.17, 15) is 4.39 Å². The van der Waals surface area contributed by atoms with Gasteiger partial charge in [0, 0.05) is 0 Å². The minimum absolute atomic E-state index is 0.119. The summed E-state index contributed by atoms with van der Waals surface area (Å²) in [4.78, 5) is 0. The first-order valence-electron chi connectivity index (χ1n) is 7.20. The summed E-state index contributed by atoms with van der Waals surface area (Å²) in [5, 5.41) is 0.119. The molecular weight excluding hydrogens is 287 g/mol. The largest absolute Gasteiger partial charge is 0.271 e. The van der Waals surface area contributed by atoms with Crippen LogP contribution in [0.2, 0.25) is 5.02 Å². The Labute approximate surface area is 129 Å². The number of halogens is 2. The summed E-state index contributed by atoms with van der Waals surface area (Å²) in [5.74, 6) is 5.96. The highest BCUT2D eigenvalue weighted by Crippen LogP contribution is 2.40. The van der Waals surface area contributed by atoms with Gasteiger partial charge in [0.15, 0.2) is 0 Å². The van der Waals surface area contributed by atoms with Crippen LogP contribution < -0.4 is 11.3 Å². The van der Waals surface area contributed by atoms with Gasteiger partial charge in [-0.3, -0.25) is 5.84 Å². The summed E-state index contributed by atoms with van der Waals surface area (Å²) < 4.78 is 13.4. The van der Waals surface area contributed by atoms with Crippen molar-refractivity contribution in [3.8, 4) is 0 Å². The van der Waals surface area contributed by atoms with E-state index < -0.39 is 5.82 Å². The minimum atomic E-state index is -0.413. The van der Waals surface area contributed by atoms with E-state index in [1.165, 1.54) is 30.9 Å². The third kappa shape index (κ3) is 2.82. The minimum Gasteiger partial charge on any atom is -0.271 e. The van der Waals surface area contributed by atoms with Gasteiger partial charge in [-0.15, -0.1) is 0 Å². The van der Waals surface area contributed by atoms with Crippen molar-refractivity contribution < 1.29 is 4.39 Å². The zero-order chi connectivity index (χ0) is 14.8. The van der Waals surface area contributed by atoms with Gasteiger partial charge in [-0.05, 0) is 47.6 Å². The fourth-order valence-electron chi connectivity index (χ4n) is 2.92. The molecule has 21 heavy (non-hydrogen) atoms. The number of hydrogen-bond acceptors (Lipinski definition) is 2. The van der Waals surface area contributed by atoms with Crippen molar-refractivity contribution >= 4 is 11.6 Å². The second kappa shape index (κ2) is 6.14. The van der Waals surface area contributed by atoms with Crippen molar-refractivity contribution in [2.75, 3.05) is 0 Å². The Morgan fingerprint density at radius 3 is 2.57 bits per heavy atom. The Hall–Kier alpha value is -1.42. The van der Waals surface area contributed by atoms with Gasteiger partial charge in [0.25, 0.3) is 0 Å². The molecule has 0 heterocycles. The number of nitrogens with one attached hydrogen (secondary N) is 1. The van der Waals surface area contributed by atoms with Crippen LogP contribution in [-0.2, 0) is 0 Å². The van der Waals surface area contributed by atoms with Crippen molar-refractivity contribution in [3.05, 3.63) is 70.0 Å². The van der Waals surface area contributed by atoms with Crippen LogP contribution in [0.25, 0.3) is 0 Å². The lowest BCUT2D eigenvalue weighted by atomic mass is 9.76. The van der Waals surface area contributed by atoms with Gasteiger partial charge in [0.2, 0.25) is 0 Å². The van der Waals surface area contributed by atoms with Gasteiger partial charge < -0.3 is 0 Å². The Bertz CT molecular complexity index is 640. The van der Waals surface area contributed by atoms with Crippen LogP contribution in [0.15, 0.2) is 42.5 Å². The van der Waals surface area contributed by atoms with Crippen LogP contribution in [-0.4, -0.2) is 0 Å². The van der Waals surface area contributed by atoms with E-state index in [0.717, 1.165) is 11.1 Å². The molecule has 3 rings (SSSR count). The van der Waals surface area contributed by atoms with E-state index in [4.69, 9.17) is 17.4 Å². The molecule has 0 radical (unpaired) electrons. The quantitative estimate of drug-likeness (QED) is 0.653. The van der Waals surface area contributed by atoms with E-state index in [1.54, 1.807) is 12.1 Å². The lowest BCUT2D eigenvalue weighted by molar-refractivity contribution is 0.414. The average Bonchev–Trinajstić information content (AvgIpc) is 2.43. The number of nitrogens with two attached hydrogens (primary N) is 1. The summed E-state index contributed by atoms with van der Waals surface area (Å²) in [6.45, 7) is 0. The SMILES string of the molecule is NNC(c1ccc(F)c(Cl)c1)c1ccccc1C1CCC1. The van der Waals surface area contributed by atoms with Crippen molar-refractivity contribution in [3.63, 3.8) is 0 Å². The van der Waals surface area contributed by atoms with Crippen LogP contribution in [0.1, 0.15) is 47.9 Å². The second-order valence-corrected chi connectivity index (χ2v) is 5.94. The van der Waals surface area contributed by atoms with Crippen LogP contribution in [0.3, 0.4) is 0 Å². The maximum absolute atomic E-state index is 13.4. The van der Waals surface area contributed by atoms with E-state index in [0.29, 0.717) is 5.92 Å². The topological polar surface area (TPSA) is 38.0 Å². The van der Waals surface area contributed by atoms with Gasteiger partial charge in [0.1, 0.15) is 5.82 Å². The highest BCUT2D eigenvalue weighted by molar-refractivity contribution is 6.30. The van der Waals surface area contributed by atoms with Crippen LogP contribution in [0, 0.1) is 5.82 Å². The first kappa shape index (κ1) is 14.5. The third-order valence-corrected chi connectivity index (χ3v) is 4.59. The highest BCUT2D eigenvalue weighted by atomic mass is 35.5. The predicted molar refractivity (Wildman–Crippen MR) is 83.6 cm³/mol. The Kier molecular flexibility index (Phi) is 4.24. The fraction of sp³-hybridized carbons (Fsp3) is 0.294. The normalized spacial score (nSPS) is 16.5. The zero-order valence-corrected chi connectivity index (χ0v) is 12.4. The number of benzene rings is 2. The molecule has 1 saturated carbocycles. The van der Waals surface area contributed by atoms with E-state index in [-0.39, 0.29) is 11.1 Å². The van der Waals surface area contributed by atoms with Gasteiger partial charge in [-0.25, -0.2) is 9.82 Å². The predicted octanol–water partition coefficient (Wildman–Crippen LogP) is 4.30. The monoisotopic (exact) mass is 304 g/mol. The molecule has 1 aliphatic rings. The molecule has 0 spiro atoms. The van der Waals surface area contributed by atoms with Crippen molar-refractivity contribution in [1.29, 1.82) is 0 Å². The van der Waals surface area contributed by atoms with Crippen LogP contribution >= 0.6 is 11.6 Å². The molecule has 0 aromatic heterocycles. The van der Waals surface area contributed by atoms with E-state index >= 15 is 0 Å². The van der Waals surface area contributed by atoms with Gasteiger partial charge in [0.05, 0.1) is 11.1 Å². The number of hydrazine groups is 1. The molecule has 0 aliphatic heterocycles. The standard InChI is InChI=1S/C17H18ClFN2/c18-15-10-12(8-9-16(15)19)17(21-20)14-7-2-1-6-13(14)11-4-3-5-11/h1-2,6-11,17,21H,3-5,20H2. The zero-order valence-electron chi connectivity index (χ0n) is 11.7. The molecule has 2 aromatic carbocycles. The molecule has 3 N–H and O–H groups in total. The number of hydrogen-bond donors (Lipinski definition) is 2. The summed E-state index contributed by atoms with van der Waals surface area (Å²) >= 11 is 5.90. The second-order valence-electron chi connectivity index (χ2n) is 5.53. The van der Waals surface area contributed by atoms with Crippen LogP contribution in [0.4, 0.5) is 4.39 Å². The molecule has 110 valence electrons. The van der Waals surface area contributed by atoms with Gasteiger partial charge in [-0.1, -0.05) is 48.4 Å². The van der Waals surface area contributed by atoms with E-state index in [1.807, 2.05) is 6.07 Å². The third-order valence-electron chi connectivity index (χ3n) is 4.30. The Morgan fingerprint density at radius 1 is 1.19 bits per heavy atom. The van der Waals surface area contributed by atoms with E-state index in [2.05, 4.69) is 23.6 Å². The van der Waals surface area contributed by atoms with Crippen LogP contribution in [0.5, 0.6) is 0 Å². The highest BCUT2D eigenvalue weighted by Gasteiger charge is 2.25. The van der Waals surface area contributed by atoms with Crippen molar-refractivity contribution in [2.45, 2.75) is 31.2 Å². The van der Waals surface area contributed by atoms with Crippen molar-refractivity contribution in [2.24, 2.45) is 5.84 Å². The van der Waals surface area contributed by atoms with Gasteiger partial charge >= 0.3 is 0 Å². The first-order valence-corrected chi connectivity index (χ1v) is 7.58.